The van der Waals surface area contributed by atoms with Crippen molar-refractivity contribution < 1.29 is 24.5 Å². The number of aliphatic hydroxyl groups excluding tert-OH is 2. The van der Waals surface area contributed by atoms with E-state index in [0.717, 1.165) is 5.56 Å². The number of nitrogen functional groups attached to an aromatic ring is 1. The van der Waals surface area contributed by atoms with Gasteiger partial charge in [0.15, 0.2) is 6.23 Å². The Hall–Kier alpha value is -2.46. The number of anilines is 1. The van der Waals surface area contributed by atoms with E-state index in [0.29, 0.717) is 16.6 Å². The van der Waals surface area contributed by atoms with Gasteiger partial charge in [-0.25, -0.2) is 9.97 Å². The van der Waals surface area contributed by atoms with E-state index >= 15 is 0 Å². The van der Waals surface area contributed by atoms with Crippen LogP contribution in [-0.4, -0.2) is 54.3 Å². The van der Waals surface area contributed by atoms with E-state index in [4.69, 9.17) is 14.9 Å². The minimum Gasteiger partial charge on any atom is -0.472 e. The second kappa shape index (κ2) is 5.53. The SMILES string of the molecule is C[C@@]1(O)[C@H](O)[C@@H](CO)O[C@H]1n1cc(-c2ccoc2)c2c(N)ncnc21. The average molecular weight is 346 g/mol. The van der Waals surface area contributed by atoms with Crippen LogP contribution in [0, 0.1) is 0 Å². The predicted octanol–water partition coefficient (Wildman–Crippen LogP) is 0.275. The summed E-state index contributed by atoms with van der Waals surface area (Å²) in [7, 11) is 0. The molecule has 0 amide bonds. The van der Waals surface area contributed by atoms with Gasteiger partial charge in [-0.2, -0.15) is 0 Å². The number of furan rings is 1. The molecule has 4 atom stereocenters. The molecule has 1 aliphatic heterocycles. The Labute approximate surface area is 142 Å². The first-order valence-corrected chi connectivity index (χ1v) is 7.75. The summed E-state index contributed by atoms with van der Waals surface area (Å²) in [6.45, 7) is 1.03. The highest BCUT2D eigenvalue weighted by Gasteiger charge is 2.53. The van der Waals surface area contributed by atoms with E-state index < -0.39 is 30.6 Å². The van der Waals surface area contributed by atoms with Crippen LogP contribution in [0.2, 0.25) is 0 Å². The van der Waals surface area contributed by atoms with E-state index in [9.17, 15) is 15.3 Å². The van der Waals surface area contributed by atoms with Crippen LogP contribution in [0.5, 0.6) is 0 Å². The van der Waals surface area contributed by atoms with Crippen molar-refractivity contribution in [1.29, 1.82) is 0 Å². The molecule has 0 aromatic carbocycles. The Balaban J connectivity index is 1.93. The predicted molar refractivity (Wildman–Crippen MR) is 87.3 cm³/mol. The van der Waals surface area contributed by atoms with Gasteiger partial charge < -0.3 is 34.8 Å². The number of ether oxygens (including phenoxy) is 1. The molecule has 0 radical (unpaired) electrons. The maximum Gasteiger partial charge on any atom is 0.167 e. The second-order valence-electron chi connectivity index (χ2n) is 6.30. The molecule has 1 aliphatic rings. The zero-order chi connectivity index (χ0) is 17.8. The fourth-order valence-electron chi connectivity index (χ4n) is 3.31. The van der Waals surface area contributed by atoms with Crippen LogP contribution in [0.15, 0.2) is 35.5 Å². The van der Waals surface area contributed by atoms with Gasteiger partial charge in [-0.3, -0.25) is 0 Å². The van der Waals surface area contributed by atoms with E-state index in [2.05, 4.69) is 9.97 Å². The number of nitrogens with zero attached hydrogens (tertiary/aromatic N) is 3. The van der Waals surface area contributed by atoms with Crippen molar-refractivity contribution in [3.05, 3.63) is 31.1 Å². The summed E-state index contributed by atoms with van der Waals surface area (Å²) in [6.07, 6.45) is 3.00. The van der Waals surface area contributed by atoms with Crippen molar-refractivity contribution in [2.75, 3.05) is 12.3 Å². The quantitative estimate of drug-likeness (QED) is 0.530. The number of rotatable bonds is 3. The minimum atomic E-state index is -1.63. The molecule has 4 heterocycles. The van der Waals surface area contributed by atoms with Gasteiger partial charge in [-0.05, 0) is 13.0 Å². The molecule has 9 heteroatoms. The molecular weight excluding hydrogens is 328 g/mol. The molecule has 0 bridgehead atoms. The van der Waals surface area contributed by atoms with Crippen LogP contribution in [0.25, 0.3) is 22.2 Å². The van der Waals surface area contributed by atoms with Gasteiger partial charge in [-0.15, -0.1) is 0 Å². The van der Waals surface area contributed by atoms with Crippen molar-refractivity contribution in [2.45, 2.75) is 31.0 Å². The molecule has 0 saturated carbocycles. The lowest BCUT2D eigenvalue weighted by atomic mass is 9.96. The van der Waals surface area contributed by atoms with Crippen molar-refractivity contribution in [3.8, 4) is 11.1 Å². The van der Waals surface area contributed by atoms with Gasteiger partial charge >= 0.3 is 0 Å². The molecule has 0 spiro atoms. The molecule has 3 aromatic rings. The normalized spacial score (nSPS) is 29.5. The van der Waals surface area contributed by atoms with E-state index in [1.165, 1.54) is 19.5 Å². The Kier molecular flexibility index (Phi) is 3.55. The highest BCUT2D eigenvalue weighted by molar-refractivity contribution is 6.00. The minimum absolute atomic E-state index is 0.275. The Morgan fingerprint density at radius 2 is 2.20 bits per heavy atom. The maximum atomic E-state index is 10.7. The second-order valence-corrected chi connectivity index (χ2v) is 6.30. The van der Waals surface area contributed by atoms with E-state index in [1.54, 1.807) is 23.1 Å². The average Bonchev–Trinajstić information content (AvgIpc) is 3.27. The van der Waals surface area contributed by atoms with Crippen LogP contribution in [-0.2, 0) is 4.74 Å². The van der Waals surface area contributed by atoms with Gasteiger partial charge in [0.2, 0.25) is 0 Å². The standard InChI is InChI=1S/C16H18N4O5/c1-16(23)12(22)10(5-21)25-15(16)20-4-9(8-2-3-24-6-8)11-13(17)18-7-19-14(11)20/h2-4,6-7,10,12,15,21-23H,5H2,1H3,(H2,17,18,19)/t10-,12-,15-,16-/m1/s1. The molecule has 3 aromatic heterocycles. The smallest absolute Gasteiger partial charge is 0.167 e. The lowest BCUT2D eigenvalue weighted by Gasteiger charge is -2.27. The van der Waals surface area contributed by atoms with Crippen LogP contribution in [0.4, 0.5) is 5.82 Å². The summed E-state index contributed by atoms with van der Waals surface area (Å²) >= 11 is 0. The largest absolute Gasteiger partial charge is 0.472 e. The van der Waals surface area contributed by atoms with Gasteiger partial charge in [0, 0.05) is 17.3 Å². The summed E-state index contributed by atoms with van der Waals surface area (Å²) in [5.74, 6) is 0.275. The number of aliphatic hydroxyl groups is 3. The number of nitrogens with two attached hydrogens (primary N) is 1. The third kappa shape index (κ3) is 2.24. The molecule has 25 heavy (non-hydrogen) atoms. The Morgan fingerprint density at radius 1 is 1.40 bits per heavy atom. The third-order valence-electron chi connectivity index (χ3n) is 4.66. The highest BCUT2D eigenvalue weighted by Crippen LogP contribution is 2.42. The lowest BCUT2D eigenvalue weighted by molar-refractivity contribution is -0.0948. The number of aromatic nitrogens is 3. The lowest BCUT2D eigenvalue weighted by Crippen LogP contribution is -2.44. The fourth-order valence-corrected chi connectivity index (χ4v) is 3.31. The van der Waals surface area contributed by atoms with Crippen LogP contribution >= 0.6 is 0 Å². The highest BCUT2D eigenvalue weighted by atomic mass is 16.6. The summed E-state index contributed by atoms with van der Waals surface area (Å²) in [4.78, 5) is 8.29. The third-order valence-corrected chi connectivity index (χ3v) is 4.66. The van der Waals surface area contributed by atoms with Crippen LogP contribution in [0.1, 0.15) is 13.2 Å². The van der Waals surface area contributed by atoms with Crippen molar-refractivity contribution in [1.82, 2.24) is 14.5 Å². The molecular formula is C16H18N4O5. The Morgan fingerprint density at radius 3 is 2.84 bits per heavy atom. The monoisotopic (exact) mass is 346 g/mol. The van der Waals surface area contributed by atoms with Crippen molar-refractivity contribution in [2.24, 2.45) is 0 Å². The van der Waals surface area contributed by atoms with Gasteiger partial charge in [0.05, 0.1) is 24.5 Å². The summed E-state index contributed by atoms with van der Waals surface area (Å²) in [5.41, 5.74) is 6.32. The van der Waals surface area contributed by atoms with Crippen LogP contribution < -0.4 is 5.73 Å². The first kappa shape index (κ1) is 16.0. The first-order chi connectivity index (χ1) is 11.9. The molecule has 132 valence electrons. The summed E-state index contributed by atoms with van der Waals surface area (Å²) in [5, 5.41) is 31.0. The molecule has 9 nitrogen and oxygen atoms in total. The Bertz CT molecular complexity index is 905. The molecule has 5 N–H and O–H groups in total. The molecule has 0 unspecified atom stereocenters. The number of fused-ring (bicyclic) bond motifs is 1. The number of hydrogen-bond acceptors (Lipinski definition) is 8. The zero-order valence-electron chi connectivity index (χ0n) is 13.4. The first-order valence-electron chi connectivity index (χ1n) is 7.75. The summed E-state index contributed by atoms with van der Waals surface area (Å²) in [6, 6.07) is 1.77. The van der Waals surface area contributed by atoms with E-state index in [-0.39, 0.29) is 5.82 Å². The topological polar surface area (TPSA) is 140 Å². The fraction of sp³-hybridized carbons (Fsp3) is 0.375. The van der Waals surface area contributed by atoms with Gasteiger partial charge in [-0.1, -0.05) is 0 Å². The maximum absolute atomic E-state index is 10.7. The molecule has 4 rings (SSSR count). The molecule has 1 fully saturated rings. The van der Waals surface area contributed by atoms with Crippen molar-refractivity contribution >= 4 is 16.9 Å². The van der Waals surface area contributed by atoms with Gasteiger partial charge in [0.1, 0.15) is 35.6 Å². The number of hydrogen-bond donors (Lipinski definition) is 4. The molecule has 0 aliphatic carbocycles. The molecule has 1 saturated heterocycles. The zero-order valence-corrected chi connectivity index (χ0v) is 13.4. The summed E-state index contributed by atoms with van der Waals surface area (Å²) < 4.78 is 12.4. The van der Waals surface area contributed by atoms with Crippen molar-refractivity contribution in [3.63, 3.8) is 0 Å². The van der Waals surface area contributed by atoms with E-state index in [1.807, 2.05) is 0 Å². The van der Waals surface area contributed by atoms with Gasteiger partial charge in [0.25, 0.3) is 0 Å². The van der Waals surface area contributed by atoms with Crippen LogP contribution in [0.3, 0.4) is 0 Å².